The molecule has 2 N–H and O–H groups in total. The Balaban J connectivity index is 1.67. The van der Waals surface area contributed by atoms with Gasteiger partial charge < -0.3 is 24.4 Å². The lowest BCUT2D eigenvalue weighted by atomic mass is 9.71. The van der Waals surface area contributed by atoms with Gasteiger partial charge in [0, 0.05) is 22.9 Å². The standard InChI is InChI=1S/C24H24BrNO6/c1-24(2)10-16(27)19-18(11-24)32-22(26)21(23(28)29-3)20(19)17-9-8-15(31-17)12-30-14-6-4-13(25)5-7-14/h4-9,20H,10-12,26H2,1-3H3/t20-/m0/s1. The van der Waals surface area contributed by atoms with Crippen molar-refractivity contribution >= 4 is 27.7 Å². The van der Waals surface area contributed by atoms with Crippen molar-refractivity contribution in [3.8, 4) is 5.75 Å². The number of ketones is 1. The minimum absolute atomic E-state index is 0.0639. The molecule has 1 aliphatic heterocycles. The Morgan fingerprint density at radius 3 is 2.59 bits per heavy atom. The maximum absolute atomic E-state index is 13.1. The first-order chi connectivity index (χ1) is 15.2. The van der Waals surface area contributed by atoms with Crippen molar-refractivity contribution in [1.29, 1.82) is 0 Å². The van der Waals surface area contributed by atoms with Gasteiger partial charge in [-0.15, -0.1) is 0 Å². The minimum atomic E-state index is -0.795. The Labute approximate surface area is 194 Å². The van der Waals surface area contributed by atoms with E-state index in [1.54, 1.807) is 12.1 Å². The zero-order chi connectivity index (χ0) is 23.0. The molecular weight excluding hydrogens is 478 g/mol. The molecule has 7 nitrogen and oxygen atoms in total. The van der Waals surface area contributed by atoms with Crippen molar-refractivity contribution in [2.45, 2.75) is 39.2 Å². The smallest absolute Gasteiger partial charge is 0.340 e. The topological polar surface area (TPSA) is 101 Å². The van der Waals surface area contributed by atoms with Gasteiger partial charge in [0.25, 0.3) is 0 Å². The van der Waals surface area contributed by atoms with Crippen LogP contribution in [-0.2, 0) is 25.7 Å². The van der Waals surface area contributed by atoms with Crippen LogP contribution in [0.2, 0.25) is 0 Å². The number of furan rings is 1. The first-order valence-corrected chi connectivity index (χ1v) is 11.0. The van der Waals surface area contributed by atoms with Gasteiger partial charge in [0.2, 0.25) is 5.88 Å². The Morgan fingerprint density at radius 2 is 1.91 bits per heavy atom. The highest BCUT2D eigenvalue weighted by Gasteiger charge is 2.46. The molecule has 0 bridgehead atoms. The molecule has 0 saturated heterocycles. The summed E-state index contributed by atoms with van der Waals surface area (Å²) in [4.78, 5) is 25.7. The van der Waals surface area contributed by atoms with E-state index in [-0.39, 0.29) is 29.3 Å². The van der Waals surface area contributed by atoms with Crippen LogP contribution >= 0.6 is 15.9 Å². The molecule has 1 aliphatic carbocycles. The lowest BCUT2D eigenvalue weighted by Crippen LogP contribution is -2.35. The highest BCUT2D eigenvalue weighted by Crippen LogP contribution is 2.48. The second-order valence-corrected chi connectivity index (χ2v) is 9.54. The summed E-state index contributed by atoms with van der Waals surface area (Å²) in [6.07, 6.45) is 0.861. The van der Waals surface area contributed by atoms with Gasteiger partial charge in [-0.05, 0) is 41.8 Å². The van der Waals surface area contributed by atoms with Crippen LogP contribution < -0.4 is 10.5 Å². The molecule has 0 amide bonds. The van der Waals surface area contributed by atoms with E-state index >= 15 is 0 Å². The average molecular weight is 502 g/mol. The fourth-order valence-electron chi connectivity index (χ4n) is 4.09. The van der Waals surface area contributed by atoms with Gasteiger partial charge in [-0.3, -0.25) is 4.79 Å². The number of carbonyl (C=O) groups is 2. The van der Waals surface area contributed by atoms with Crippen molar-refractivity contribution in [2.24, 2.45) is 11.1 Å². The summed E-state index contributed by atoms with van der Waals surface area (Å²) in [6.45, 7) is 4.17. The van der Waals surface area contributed by atoms with Gasteiger partial charge in [0.05, 0.1) is 13.0 Å². The van der Waals surface area contributed by atoms with E-state index in [0.29, 0.717) is 41.4 Å². The lowest BCUT2D eigenvalue weighted by Gasteiger charge is -2.37. The Morgan fingerprint density at radius 1 is 1.19 bits per heavy atom. The number of carbonyl (C=O) groups excluding carboxylic acids is 2. The van der Waals surface area contributed by atoms with E-state index in [1.165, 1.54) is 7.11 Å². The number of halogens is 1. The number of esters is 1. The van der Waals surface area contributed by atoms with E-state index in [4.69, 9.17) is 24.4 Å². The number of ether oxygens (including phenoxy) is 3. The monoisotopic (exact) mass is 501 g/mol. The molecule has 1 aromatic carbocycles. The largest absolute Gasteiger partial charge is 0.486 e. The van der Waals surface area contributed by atoms with Crippen LogP contribution in [0, 0.1) is 5.41 Å². The predicted molar refractivity (Wildman–Crippen MR) is 119 cm³/mol. The van der Waals surface area contributed by atoms with Gasteiger partial charge in [-0.25, -0.2) is 4.79 Å². The fraction of sp³-hybridized carbons (Fsp3) is 0.333. The molecule has 2 aliphatic rings. The number of rotatable bonds is 5. The molecule has 32 heavy (non-hydrogen) atoms. The van der Waals surface area contributed by atoms with Crippen LogP contribution in [0.5, 0.6) is 5.75 Å². The van der Waals surface area contributed by atoms with Gasteiger partial charge in [-0.2, -0.15) is 0 Å². The molecule has 8 heteroatoms. The van der Waals surface area contributed by atoms with Crippen LogP contribution in [0.15, 0.2) is 68.1 Å². The fourth-order valence-corrected chi connectivity index (χ4v) is 4.35. The molecule has 0 saturated carbocycles. The Hall–Kier alpha value is -3.00. The van der Waals surface area contributed by atoms with Gasteiger partial charge in [-0.1, -0.05) is 29.8 Å². The second kappa shape index (κ2) is 8.50. The first-order valence-electron chi connectivity index (χ1n) is 10.2. The third-order valence-electron chi connectivity index (χ3n) is 5.52. The average Bonchev–Trinajstić information content (AvgIpc) is 3.19. The van der Waals surface area contributed by atoms with Crippen LogP contribution in [0.3, 0.4) is 0 Å². The van der Waals surface area contributed by atoms with Crippen molar-refractivity contribution in [3.05, 3.63) is 75.2 Å². The molecule has 2 aromatic rings. The van der Waals surface area contributed by atoms with Gasteiger partial charge in [0.1, 0.15) is 35.2 Å². The number of allylic oxidation sites excluding steroid dienone is 2. The maximum atomic E-state index is 13.1. The van der Waals surface area contributed by atoms with Crippen molar-refractivity contribution in [3.63, 3.8) is 0 Å². The summed E-state index contributed by atoms with van der Waals surface area (Å²) in [5.74, 6) is 0.484. The Bertz CT molecular complexity index is 1130. The first kappa shape index (κ1) is 22.2. The van der Waals surface area contributed by atoms with E-state index < -0.39 is 11.9 Å². The van der Waals surface area contributed by atoms with E-state index in [9.17, 15) is 9.59 Å². The summed E-state index contributed by atoms with van der Waals surface area (Å²) >= 11 is 3.39. The molecular formula is C24H24BrNO6. The van der Waals surface area contributed by atoms with Crippen LogP contribution in [0.1, 0.15) is 44.1 Å². The number of methoxy groups -OCH3 is 1. The molecule has 0 unspecified atom stereocenters. The van der Waals surface area contributed by atoms with E-state index in [0.717, 1.165) is 4.47 Å². The molecule has 4 rings (SSSR count). The third kappa shape index (κ3) is 4.32. The SMILES string of the molecule is COC(=O)C1=C(N)OC2=C(C(=O)CC(C)(C)C2)[C@@H]1c1ccc(COc2ccc(Br)cc2)o1. The molecule has 0 fully saturated rings. The van der Waals surface area contributed by atoms with Crippen LogP contribution in [0.25, 0.3) is 0 Å². The van der Waals surface area contributed by atoms with Gasteiger partial charge >= 0.3 is 5.97 Å². The molecule has 2 heterocycles. The quantitative estimate of drug-likeness (QED) is 0.591. The molecule has 0 radical (unpaired) electrons. The zero-order valence-corrected chi connectivity index (χ0v) is 19.7. The summed E-state index contributed by atoms with van der Waals surface area (Å²) < 4.78 is 23.4. The van der Waals surface area contributed by atoms with Crippen LogP contribution in [-0.4, -0.2) is 18.9 Å². The van der Waals surface area contributed by atoms with Crippen LogP contribution in [0.4, 0.5) is 0 Å². The summed E-state index contributed by atoms with van der Waals surface area (Å²) in [7, 11) is 1.26. The number of benzene rings is 1. The number of nitrogens with two attached hydrogens (primary N) is 1. The van der Waals surface area contributed by atoms with Crippen molar-refractivity contribution in [2.75, 3.05) is 7.11 Å². The summed E-state index contributed by atoms with van der Waals surface area (Å²) in [5.41, 5.74) is 6.31. The highest BCUT2D eigenvalue weighted by molar-refractivity contribution is 9.10. The number of Topliss-reactive ketones (excluding diaryl/α,β-unsaturated/α-hetero) is 1. The van der Waals surface area contributed by atoms with Gasteiger partial charge in [0.15, 0.2) is 5.78 Å². The number of hydrogen-bond acceptors (Lipinski definition) is 7. The zero-order valence-electron chi connectivity index (χ0n) is 18.1. The minimum Gasteiger partial charge on any atom is -0.486 e. The normalized spacial score (nSPS) is 20.0. The third-order valence-corrected chi connectivity index (χ3v) is 6.05. The molecule has 168 valence electrons. The molecule has 1 aromatic heterocycles. The molecule has 1 atom stereocenters. The summed E-state index contributed by atoms with van der Waals surface area (Å²) in [6, 6.07) is 10.9. The second-order valence-electron chi connectivity index (χ2n) is 8.63. The molecule has 0 spiro atoms. The van der Waals surface area contributed by atoms with E-state index in [1.807, 2.05) is 38.1 Å². The van der Waals surface area contributed by atoms with Crippen molar-refractivity contribution < 1.29 is 28.2 Å². The Kier molecular flexibility index (Phi) is 5.90. The predicted octanol–water partition coefficient (Wildman–Crippen LogP) is 4.72. The summed E-state index contributed by atoms with van der Waals surface area (Å²) in [5, 5.41) is 0. The van der Waals surface area contributed by atoms with E-state index in [2.05, 4.69) is 15.9 Å². The highest BCUT2D eigenvalue weighted by atomic mass is 79.9. The van der Waals surface area contributed by atoms with Crippen molar-refractivity contribution in [1.82, 2.24) is 0 Å². The number of hydrogen-bond donors (Lipinski definition) is 1. The lowest BCUT2D eigenvalue weighted by molar-refractivity contribution is -0.136. The maximum Gasteiger partial charge on any atom is 0.340 e.